The number of aryl methyl sites for hydroxylation is 1. The smallest absolute Gasteiger partial charge is 0.0576 e. The minimum atomic E-state index is 0.440. The molecular weight excluding hydrogens is 222 g/mol. The fraction of sp³-hybridized carbons (Fsp3) is 0.625. The van der Waals surface area contributed by atoms with Gasteiger partial charge in [-0.25, -0.2) is 0 Å². The van der Waals surface area contributed by atoms with E-state index in [2.05, 4.69) is 43.4 Å². The standard InChI is InChI=1S/C16H25NO/c1-13-7-9-15(10-8-13)14(2)17-11-3-5-16-6-4-12-18-16/h7-10,14,16-17H,3-6,11-12H2,1-2H3/t14-,16?/m1/s1. The predicted octanol–water partition coefficient (Wildman–Crippen LogP) is 3.60. The Morgan fingerprint density at radius 3 is 2.78 bits per heavy atom. The SMILES string of the molecule is Cc1ccc([C@@H](C)NCCCC2CCCO2)cc1. The van der Waals surface area contributed by atoms with Gasteiger partial charge >= 0.3 is 0 Å². The molecule has 100 valence electrons. The zero-order valence-electron chi connectivity index (χ0n) is 11.6. The van der Waals surface area contributed by atoms with Crippen molar-refractivity contribution in [1.82, 2.24) is 5.32 Å². The van der Waals surface area contributed by atoms with Gasteiger partial charge in [0.15, 0.2) is 0 Å². The molecule has 0 bridgehead atoms. The maximum atomic E-state index is 5.63. The van der Waals surface area contributed by atoms with E-state index in [1.165, 1.54) is 36.8 Å². The fourth-order valence-electron chi connectivity index (χ4n) is 2.49. The zero-order chi connectivity index (χ0) is 12.8. The van der Waals surface area contributed by atoms with Crippen LogP contribution in [0.5, 0.6) is 0 Å². The van der Waals surface area contributed by atoms with Gasteiger partial charge in [-0.3, -0.25) is 0 Å². The second-order valence-corrected chi connectivity index (χ2v) is 5.36. The first-order valence-electron chi connectivity index (χ1n) is 7.17. The molecule has 0 aliphatic carbocycles. The number of rotatable bonds is 6. The van der Waals surface area contributed by atoms with Gasteiger partial charge in [0, 0.05) is 12.6 Å². The number of hydrogen-bond acceptors (Lipinski definition) is 2. The number of nitrogens with one attached hydrogen (secondary N) is 1. The van der Waals surface area contributed by atoms with Gasteiger partial charge in [0.05, 0.1) is 6.10 Å². The third-order valence-electron chi connectivity index (χ3n) is 3.75. The molecule has 2 atom stereocenters. The van der Waals surface area contributed by atoms with Crippen LogP contribution < -0.4 is 5.32 Å². The molecule has 1 N–H and O–H groups in total. The van der Waals surface area contributed by atoms with Crippen LogP contribution in [0.4, 0.5) is 0 Å². The summed E-state index contributed by atoms with van der Waals surface area (Å²) in [5.41, 5.74) is 2.70. The van der Waals surface area contributed by atoms with E-state index in [1.54, 1.807) is 0 Å². The Bertz CT molecular complexity index is 341. The predicted molar refractivity (Wildman–Crippen MR) is 75.8 cm³/mol. The van der Waals surface area contributed by atoms with E-state index in [-0.39, 0.29) is 0 Å². The minimum Gasteiger partial charge on any atom is -0.378 e. The van der Waals surface area contributed by atoms with Gasteiger partial charge in [0.2, 0.25) is 0 Å². The molecule has 1 aromatic rings. The number of ether oxygens (including phenoxy) is 1. The van der Waals surface area contributed by atoms with Crippen molar-refractivity contribution >= 4 is 0 Å². The number of benzene rings is 1. The average molecular weight is 247 g/mol. The molecule has 18 heavy (non-hydrogen) atoms. The molecule has 1 unspecified atom stereocenters. The molecule has 1 fully saturated rings. The van der Waals surface area contributed by atoms with Crippen LogP contribution in [-0.4, -0.2) is 19.3 Å². The lowest BCUT2D eigenvalue weighted by molar-refractivity contribution is 0.102. The topological polar surface area (TPSA) is 21.3 Å². The first-order chi connectivity index (χ1) is 8.75. The lowest BCUT2D eigenvalue weighted by Gasteiger charge is -2.15. The van der Waals surface area contributed by atoms with Crippen LogP contribution in [0, 0.1) is 6.92 Å². The summed E-state index contributed by atoms with van der Waals surface area (Å²) < 4.78 is 5.63. The summed E-state index contributed by atoms with van der Waals surface area (Å²) in [6.07, 6.45) is 5.45. The van der Waals surface area contributed by atoms with Crippen molar-refractivity contribution in [3.8, 4) is 0 Å². The lowest BCUT2D eigenvalue weighted by atomic mass is 10.1. The molecule has 1 saturated heterocycles. The highest BCUT2D eigenvalue weighted by Crippen LogP contribution is 2.17. The summed E-state index contributed by atoms with van der Waals surface area (Å²) in [4.78, 5) is 0. The van der Waals surface area contributed by atoms with Crippen molar-refractivity contribution in [2.24, 2.45) is 0 Å². The van der Waals surface area contributed by atoms with Crippen molar-refractivity contribution < 1.29 is 4.74 Å². The van der Waals surface area contributed by atoms with E-state index in [9.17, 15) is 0 Å². The van der Waals surface area contributed by atoms with E-state index in [4.69, 9.17) is 4.74 Å². The summed E-state index contributed by atoms with van der Waals surface area (Å²) in [5.74, 6) is 0. The molecule has 0 spiro atoms. The first-order valence-corrected chi connectivity index (χ1v) is 7.17. The highest BCUT2D eigenvalue weighted by Gasteiger charge is 2.14. The molecule has 1 heterocycles. The highest BCUT2D eigenvalue weighted by atomic mass is 16.5. The summed E-state index contributed by atoms with van der Waals surface area (Å²) in [6.45, 7) is 6.41. The third-order valence-corrected chi connectivity index (χ3v) is 3.75. The van der Waals surface area contributed by atoms with Gasteiger partial charge < -0.3 is 10.1 Å². The van der Waals surface area contributed by atoms with E-state index < -0.39 is 0 Å². The maximum absolute atomic E-state index is 5.63. The van der Waals surface area contributed by atoms with Gasteiger partial charge in [0.1, 0.15) is 0 Å². The molecule has 2 heteroatoms. The van der Waals surface area contributed by atoms with Gasteiger partial charge in [-0.15, -0.1) is 0 Å². The summed E-state index contributed by atoms with van der Waals surface area (Å²) >= 11 is 0. The number of hydrogen-bond donors (Lipinski definition) is 1. The molecule has 0 aromatic heterocycles. The van der Waals surface area contributed by atoms with Crippen LogP contribution in [0.1, 0.15) is 49.8 Å². The Morgan fingerprint density at radius 2 is 2.11 bits per heavy atom. The quantitative estimate of drug-likeness (QED) is 0.775. The van der Waals surface area contributed by atoms with Crippen LogP contribution in [-0.2, 0) is 4.74 Å². The molecule has 2 rings (SSSR count). The first kappa shape index (κ1) is 13.6. The monoisotopic (exact) mass is 247 g/mol. The highest BCUT2D eigenvalue weighted by molar-refractivity contribution is 5.23. The fourth-order valence-corrected chi connectivity index (χ4v) is 2.49. The van der Waals surface area contributed by atoms with Crippen molar-refractivity contribution in [3.63, 3.8) is 0 Å². The van der Waals surface area contributed by atoms with Crippen LogP contribution in [0.25, 0.3) is 0 Å². The van der Waals surface area contributed by atoms with Crippen molar-refractivity contribution in [2.75, 3.05) is 13.2 Å². The second kappa shape index (κ2) is 6.91. The van der Waals surface area contributed by atoms with Gasteiger partial charge in [-0.2, -0.15) is 0 Å². The average Bonchev–Trinajstić information content (AvgIpc) is 2.88. The van der Waals surface area contributed by atoms with E-state index >= 15 is 0 Å². The molecule has 0 amide bonds. The van der Waals surface area contributed by atoms with Crippen LogP contribution in [0.3, 0.4) is 0 Å². The Hall–Kier alpha value is -0.860. The van der Waals surface area contributed by atoms with Gasteiger partial charge in [-0.1, -0.05) is 29.8 Å². The van der Waals surface area contributed by atoms with E-state index in [1.807, 2.05) is 0 Å². The largest absolute Gasteiger partial charge is 0.378 e. The Labute approximate surface area is 111 Å². The molecular formula is C16H25NO. The Balaban J connectivity index is 1.64. The molecule has 2 nitrogen and oxygen atoms in total. The molecule has 0 radical (unpaired) electrons. The molecule has 0 saturated carbocycles. The Morgan fingerprint density at radius 1 is 1.33 bits per heavy atom. The summed E-state index contributed by atoms with van der Waals surface area (Å²) in [7, 11) is 0. The third kappa shape index (κ3) is 4.11. The zero-order valence-corrected chi connectivity index (χ0v) is 11.6. The van der Waals surface area contributed by atoms with E-state index in [0.717, 1.165) is 13.2 Å². The second-order valence-electron chi connectivity index (χ2n) is 5.36. The summed E-state index contributed by atoms with van der Waals surface area (Å²) in [6, 6.07) is 9.23. The molecule has 1 aliphatic heterocycles. The summed E-state index contributed by atoms with van der Waals surface area (Å²) in [5, 5.41) is 3.59. The normalized spacial score (nSPS) is 21.1. The maximum Gasteiger partial charge on any atom is 0.0576 e. The van der Waals surface area contributed by atoms with Crippen LogP contribution >= 0.6 is 0 Å². The molecule has 1 aliphatic rings. The van der Waals surface area contributed by atoms with Crippen LogP contribution in [0.15, 0.2) is 24.3 Å². The Kier molecular flexibility index (Phi) is 5.21. The van der Waals surface area contributed by atoms with E-state index in [0.29, 0.717) is 12.1 Å². The molecule has 1 aromatic carbocycles. The van der Waals surface area contributed by atoms with Gasteiger partial charge in [-0.05, 0) is 51.6 Å². The van der Waals surface area contributed by atoms with Gasteiger partial charge in [0.25, 0.3) is 0 Å². The van der Waals surface area contributed by atoms with Crippen LogP contribution in [0.2, 0.25) is 0 Å². The van der Waals surface area contributed by atoms with Crippen molar-refractivity contribution in [3.05, 3.63) is 35.4 Å². The van der Waals surface area contributed by atoms with Crippen molar-refractivity contribution in [1.29, 1.82) is 0 Å². The van der Waals surface area contributed by atoms with Crippen molar-refractivity contribution in [2.45, 2.75) is 51.7 Å². The minimum absolute atomic E-state index is 0.440. The lowest BCUT2D eigenvalue weighted by Crippen LogP contribution is -2.21.